The molecule has 50 valence electrons. The van der Waals surface area contributed by atoms with E-state index < -0.39 is 0 Å². The van der Waals surface area contributed by atoms with E-state index in [1.54, 1.807) is 0 Å². The van der Waals surface area contributed by atoms with E-state index in [-0.39, 0.29) is 6.10 Å². The van der Waals surface area contributed by atoms with Gasteiger partial charge in [0, 0.05) is 18.3 Å². The Morgan fingerprint density at radius 1 is 1.62 bits per heavy atom. The van der Waals surface area contributed by atoms with Gasteiger partial charge in [0.2, 0.25) is 0 Å². The van der Waals surface area contributed by atoms with Crippen LogP contribution in [0.15, 0.2) is 0 Å². The molecule has 0 saturated carbocycles. The quantitative estimate of drug-likeness (QED) is 0.334. The molecule has 0 N–H and O–H groups in total. The standard InChI is InChI=1S/C5H12O2S/c1-4-5(2)6-7-8-3/h5H,4H2,1-3H3. The molecule has 0 spiro atoms. The molecule has 0 aliphatic carbocycles. The first-order chi connectivity index (χ1) is 3.81. The average molecular weight is 136 g/mol. The highest BCUT2D eigenvalue weighted by Gasteiger charge is 1.96. The lowest BCUT2D eigenvalue weighted by molar-refractivity contribution is -0.225. The van der Waals surface area contributed by atoms with Crippen LogP contribution in [0.1, 0.15) is 20.3 Å². The van der Waals surface area contributed by atoms with Gasteiger partial charge < -0.3 is 0 Å². The van der Waals surface area contributed by atoms with Gasteiger partial charge in [-0.1, -0.05) is 6.92 Å². The first kappa shape index (κ1) is 8.27. The Morgan fingerprint density at radius 3 is 2.62 bits per heavy atom. The zero-order chi connectivity index (χ0) is 6.41. The van der Waals surface area contributed by atoms with Crippen molar-refractivity contribution in [2.75, 3.05) is 6.26 Å². The average Bonchev–Trinajstić information content (AvgIpc) is 1.83. The van der Waals surface area contributed by atoms with Crippen molar-refractivity contribution in [1.82, 2.24) is 0 Å². The van der Waals surface area contributed by atoms with Gasteiger partial charge in [0.25, 0.3) is 0 Å². The van der Waals surface area contributed by atoms with Crippen LogP contribution in [0.2, 0.25) is 0 Å². The van der Waals surface area contributed by atoms with E-state index >= 15 is 0 Å². The fourth-order valence-corrected chi connectivity index (χ4v) is 0.387. The summed E-state index contributed by atoms with van der Waals surface area (Å²) in [5, 5.41) is 0. The van der Waals surface area contributed by atoms with Crippen LogP contribution in [0.3, 0.4) is 0 Å². The number of hydrogen-bond donors (Lipinski definition) is 0. The Hall–Kier alpha value is 0.270. The van der Waals surface area contributed by atoms with Crippen LogP contribution in [-0.4, -0.2) is 12.4 Å². The lowest BCUT2D eigenvalue weighted by atomic mass is 10.3. The van der Waals surface area contributed by atoms with Crippen molar-refractivity contribution in [3.05, 3.63) is 0 Å². The SMILES string of the molecule is CCC(C)OOSC. The molecule has 0 amide bonds. The largest absolute Gasteiger partial charge is 0.221 e. The normalized spacial score (nSPS) is 13.9. The van der Waals surface area contributed by atoms with Crippen LogP contribution in [0.25, 0.3) is 0 Å². The fourth-order valence-electron chi connectivity index (χ4n) is 0.174. The van der Waals surface area contributed by atoms with Crippen LogP contribution >= 0.6 is 12.0 Å². The van der Waals surface area contributed by atoms with E-state index in [0.717, 1.165) is 6.42 Å². The minimum absolute atomic E-state index is 0.211. The van der Waals surface area contributed by atoms with Crippen LogP contribution < -0.4 is 0 Å². The second kappa shape index (κ2) is 5.41. The highest BCUT2D eigenvalue weighted by atomic mass is 32.2. The van der Waals surface area contributed by atoms with Crippen molar-refractivity contribution in [3.8, 4) is 0 Å². The van der Waals surface area contributed by atoms with Crippen molar-refractivity contribution < 1.29 is 9.22 Å². The second-order valence-electron chi connectivity index (χ2n) is 1.55. The summed E-state index contributed by atoms with van der Waals surface area (Å²) in [6.07, 6.45) is 3.02. The van der Waals surface area contributed by atoms with Crippen LogP contribution in [0, 0.1) is 0 Å². The van der Waals surface area contributed by atoms with Crippen molar-refractivity contribution in [1.29, 1.82) is 0 Å². The molecule has 0 aliphatic heterocycles. The predicted molar refractivity (Wildman–Crippen MR) is 35.4 cm³/mol. The molecule has 1 unspecified atom stereocenters. The van der Waals surface area contributed by atoms with Crippen LogP contribution in [0.4, 0.5) is 0 Å². The summed E-state index contributed by atoms with van der Waals surface area (Å²) < 4.78 is 4.60. The topological polar surface area (TPSA) is 18.5 Å². The highest BCUT2D eigenvalue weighted by Crippen LogP contribution is 2.02. The van der Waals surface area contributed by atoms with E-state index in [1.165, 1.54) is 12.0 Å². The maximum atomic E-state index is 4.80. The van der Waals surface area contributed by atoms with E-state index in [4.69, 9.17) is 4.89 Å². The Bertz CT molecular complexity index is 49.7. The first-order valence-corrected chi connectivity index (χ1v) is 3.82. The Labute approximate surface area is 54.7 Å². The first-order valence-electron chi connectivity index (χ1n) is 2.67. The summed E-state index contributed by atoms with van der Waals surface area (Å²) in [6.45, 7) is 4.02. The summed E-state index contributed by atoms with van der Waals surface area (Å²) in [5.74, 6) is 0. The molecule has 0 heterocycles. The Balaban J connectivity index is 2.86. The summed E-state index contributed by atoms with van der Waals surface area (Å²) in [4.78, 5) is 4.80. The molecule has 0 aromatic heterocycles. The van der Waals surface area contributed by atoms with Gasteiger partial charge in [-0.3, -0.25) is 0 Å². The summed E-state index contributed by atoms with van der Waals surface area (Å²) in [7, 11) is 0. The smallest absolute Gasteiger partial charge is 0.0911 e. The van der Waals surface area contributed by atoms with Crippen molar-refractivity contribution >= 4 is 12.0 Å². The number of rotatable bonds is 4. The molecule has 0 bridgehead atoms. The van der Waals surface area contributed by atoms with E-state index in [2.05, 4.69) is 4.33 Å². The third-order valence-electron chi connectivity index (χ3n) is 0.847. The lowest BCUT2D eigenvalue weighted by Gasteiger charge is -2.04. The van der Waals surface area contributed by atoms with Gasteiger partial charge >= 0.3 is 0 Å². The van der Waals surface area contributed by atoms with Gasteiger partial charge in [0.1, 0.15) is 0 Å². The molecule has 8 heavy (non-hydrogen) atoms. The minimum atomic E-state index is 0.211. The van der Waals surface area contributed by atoms with Crippen molar-refractivity contribution in [2.24, 2.45) is 0 Å². The molecule has 3 heteroatoms. The molecular formula is C5H12O2S. The second-order valence-corrected chi connectivity index (χ2v) is 2.02. The Morgan fingerprint density at radius 2 is 2.25 bits per heavy atom. The Kier molecular flexibility index (Phi) is 5.59. The lowest BCUT2D eigenvalue weighted by Crippen LogP contribution is -2.03. The van der Waals surface area contributed by atoms with Crippen molar-refractivity contribution in [2.45, 2.75) is 26.4 Å². The molecule has 1 atom stereocenters. The molecule has 0 rings (SSSR count). The monoisotopic (exact) mass is 136 g/mol. The highest BCUT2D eigenvalue weighted by molar-refractivity contribution is 7.93. The third-order valence-corrected chi connectivity index (χ3v) is 1.06. The van der Waals surface area contributed by atoms with Gasteiger partial charge in [-0.15, -0.1) is 0 Å². The molecule has 2 nitrogen and oxygen atoms in total. The molecule has 0 aliphatic rings. The van der Waals surface area contributed by atoms with Crippen LogP contribution in [-0.2, 0) is 9.22 Å². The van der Waals surface area contributed by atoms with Crippen LogP contribution in [0.5, 0.6) is 0 Å². The number of hydrogen-bond acceptors (Lipinski definition) is 3. The van der Waals surface area contributed by atoms with E-state index in [1.807, 2.05) is 20.1 Å². The van der Waals surface area contributed by atoms with Crippen molar-refractivity contribution in [3.63, 3.8) is 0 Å². The van der Waals surface area contributed by atoms with Gasteiger partial charge in [-0.05, 0) is 13.3 Å². The molecule has 0 fully saturated rings. The summed E-state index contributed by atoms with van der Waals surface area (Å²) in [5.41, 5.74) is 0. The predicted octanol–water partition coefficient (Wildman–Crippen LogP) is 2.01. The minimum Gasteiger partial charge on any atom is -0.221 e. The van der Waals surface area contributed by atoms with Gasteiger partial charge in [0.05, 0.1) is 6.10 Å². The van der Waals surface area contributed by atoms with Gasteiger partial charge in [-0.25, -0.2) is 4.89 Å². The third kappa shape index (κ3) is 4.43. The summed E-state index contributed by atoms with van der Waals surface area (Å²) >= 11 is 1.22. The van der Waals surface area contributed by atoms with Gasteiger partial charge in [0.15, 0.2) is 0 Å². The molecular weight excluding hydrogens is 124 g/mol. The molecule has 0 aromatic carbocycles. The molecule has 0 saturated heterocycles. The zero-order valence-corrected chi connectivity index (χ0v) is 6.33. The maximum Gasteiger partial charge on any atom is 0.0911 e. The van der Waals surface area contributed by atoms with E-state index in [9.17, 15) is 0 Å². The van der Waals surface area contributed by atoms with E-state index in [0.29, 0.717) is 0 Å². The zero-order valence-electron chi connectivity index (χ0n) is 5.51. The molecule has 0 radical (unpaired) electrons. The molecule has 0 aromatic rings. The summed E-state index contributed by atoms with van der Waals surface area (Å²) in [6, 6.07) is 0. The fraction of sp³-hybridized carbons (Fsp3) is 1.00. The van der Waals surface area contributed by atoms with Gasteiger partial charge in [-0.2, -0.15) is 4.33 Å². The maximum absolute atomic E-state index is 4.80.